The summed E-state index contributed by atoms with van der Waals surface area (Å²) in [5.41, 5.74) is -0.264. The number of carboxylic acid groups (broad SMARTS) is 1. The van der Waals surface area contributed by atoms with Gasteiger partial charge in [-0.1, -0.05) is 0 Å². The standard InChI is InChI=1S/C5H4N2O3/c8-4-2-6-1-3(7-4)5(9)10/h1-2H,(H,7,8)(H,9,10). The Morgan fingerprint density at radius 3 is 2.60 bits per heavy atom. The second-order valence-electron chi connectivity index (χ2n) is 1.57. The number of nitrogens with zero attached hydrogens (tertiary/aromatic N) is 2. The van der Waals surface area contributed by atoms with Gasteiger partial charge in [0.05, 0.1) is 12.4 Å². The van der Waals surface area contributed by atoms with Crippen molar-refractivity contribution in [3.8, 4) is 5.88 Å². The molecular formula is C5H4N2O3. The van der Waals surface area contributed by atoms with Gasteiger partial charge >= 0.3 is 5.97 Å². The average Bonchev–Trinajstić information content (AvgIpc) is 1.88. The molecule has 0 saturated carbocycles. The second kappa shape index (κ2) is 2.30. The number of hydrogen-bond donors (Lipinski definition) is 2. The maximum atomic E-state index is 10.1. The summed E-state index contributed by atoms with van der Waals surface area (Å²) in [4.78, 5) is 16.8. The summed E-state index contributed by atoms with van der Waals surface area (Å²) < 4.78 is 0. The third kappa shape index (κ3) is 1.19. The molecule has 0 unspecified atom stereocenters. The Labute approximate surface area is 56.0 Å². The van der Waals surface area contributed by atoms with Crippen molar-refractivity contribution in [1.29, 1.82) is 0 Å². The van der Waals surface area contributed by atoms with Crippen LogP contribution in [0.5, 0.6) is 5.88 Å². The minimum atomic E-state index is -1.21. The van der Waals surface area contributed by atoms with Crippen LogP contribution < -0.4 is 0 Å². The van der Waals surface area contributed by atoms with Crippen molar-refractivity contribution in [1.82, 2.24) is 9.97 Å². The fourth-order valence-corrected chi connectivity index (χ4v) is 0.459. The van der Waals surface area contributed by atoms with Crippen LogP contribution in [0.1, 0.15) is 10.5 Å². The average molecular weight is 140 g/mol. The molecule has 5 heteroatoms. The molecule has 0 radical (unpaired) electrons. The summed E-state index contributed by atoms with van der Waals surface area (Å²) in [6.45, 7) is 0. The Hall–Kier alpha value is -1.65. The molecule has 0 atom stereocenters. The molecule has 1 rings (SSSR count). The van der Waals surface area contributed by atoms with Crippen LogP contribution in [-0.4, -0.2) is 26.2 Å². The van der Waals surface area contributed by atoms with Gasteiger partial charge in [0, 0.05) is 0 Å². The first-order valence-corrected chi connectivity index (χ1v) is 2.44. The first kappa shape index (κ1) is 6.47. The number of carboxylic acids is 1. The Kier molecular flexibility index (Phi) is 1.49. The van der Waals surface area contributed by atoms with Crippen LogP contribution in [0.2, 0.25) is 0 Å². The van der Waals surface area contributed by atoms with Gasteiger partial charge in [-0.3, -0.25) is 4.98 Å². The molecule has 0 aromatic carbocycles. The monoisotopic (exact) mass is 140 g/mol. The summed E-state index contributed by atoms with van der Waals surface area (Å²) in [7, 11) is 0. The maximum absolute atomic E-state index is 10.1. The summed E-state index contributed by atoms with van der Waals surface area (Å²) in [5, 5.41) is 16.9. The number of rotatable bonds is 1. The van der Waals surface area contributed by atoms with Gasteiger partial charge in [0.15, 0.2) is 5.69 Å². The number of hydrogen-bond acceptors (Lipinski definition) is 4. The van der Waals surface area contributed by atoms with Crippen LogP contribution in [0.25, 0.3) is 0 Å². The molecule has 2 N–H and O–H groups in total. The highest BCUT2D eigenvalue weighted by atomic mass is 16.4. The fraction of sp³-hybridized carbons (Fsp3) is 0. The molecule has 1 aromatic heterocycles. The zero-order valence-electron chi connectivity index (χ0n) is 4.85. The van der Waals surface area contributed by atoms with Crippen molar-refractivity contribution in [3.05, 3.63) is 18.1 Å². The highest BCUT2D eigenvalue weighted by Crippen LogP contribution is 2.00. The lowest BCUT2D eigenvalue weighted by molar-refractivity contribution is 0.0689. The predicted molar refractivity (Wildman–Crippen MR) is 30.7 cm³/mol. The Morgan fingerprint density at radius 1 is 1.50 bits per heavy atom. The van der Waals surface area contributed by atoms with Crippen LogP contribution >= 0.6 is 0 Å². The number of aromatic hydroxyl groups is 1. The molecule has 0 saturated heterocycles. The molecule has 1 aromatic rings. The quantitative estimate of drug-likeness (QED) is 0.568. The van der Waals surface area contributed by atoms with E-state index in [-0.39, 0.29) is 11.6 Å². The van der Waals surface area contributed by atoms with Gasteiger partial charge in [-0.15, -0.1) is 0 Å². The van der Waals surface area contributed by atoms with Crippen LogP contribution in [-0.2, 0) is 0 Å². The minimum Gasteiger partial charge on any atom is -0.492 e. The van der Waals surface area contributed by atoms with Gasteiger partial charge in [-0.25, -0.2) is 9.78 Å². The molecule has 0 fully saturated rings. The Bertz CT molecular complexity index is 261. The topological polar surface area (TPSA) is 83.3 Å². The van der Waals surface area contributed by atoms with Crippen molar-refractivity contribution in [3.63, 3.8) is 0 Å². The van der Waals surface area contributed by atoms with Crippen LogP contribution in [0.4, 0.5) is 0 Å². The number of aromatic carboxylic acids is 1. The van der Waals surface area contributed by atoms with Gasteiger partial charge in [0.25, 0.3) is 0 Å². The van der Waals surface area contributed by atoms with E-state index in [2.05, 4.69) is 9.97 Å². The first-order chi connectivity index (χ1) is 4.70. The zero-order chi connectivity index (χ0) is 7.56. The largest absolute Gasteiger partial charge is 0.492 e. The van der Waals surface area contributed by atoms with E-state index in [9.17, 15) is 4.79 Å². The molecule has 5 nitrogen and oxygen atoms in total. The number of carbonyl (C=O) groups is 1. The van der Waals surface area contributed by atoms with Crippen molar-refractivity contribution < 1.29 is 15.0 Å². The number of aromatic nitrogens is 2. The van der Waals surface area contributed by atoms with E-state index < -0.39 is 5.97 Å². The summed E-state index contributed by atoms with van der Waals surface area (Å²) in [6, 6.07) is 0. The SMILES string of the molecule is O=C(O)c1cncc(O)n1. The normalized spacial score (nSPS) is 9.20. The summed E-state index contributed by atoms with van der Waals surface area (Å²) in [5.74, 6) is -1.59. The lowest BCUT2D eigenvalue weighted by Crippen LogP contribution is -1.99. The molecule has 0 bridgehead atoms. The molecule has 1 heterocycles. The van der Waals surface area contributed by atoms with Gasteiger partial charge in [0.1, 0.15) is 0 Å². The second-order valence-corrected chi connectivity index (χ2v) is 1.57. The third-order valence-electron chi connectivity index (χ3n) is 0.841. The van der Waals surface area contributed by atoms with E-state index in [1.54, 1.807) is 0 Å². The van der Waals surface area contributed by atoms with E-state index in [0.717, 1.165) is 12.4 Å². The van der Waals surface area contributed by atoms with Crippen LogP contribution in [0, 0.1) is 0 Å². The zero-order valence-corrected chi connectivity index (χ0v) is 4.85. The molecule has 0 aliphatic carbocycles. The Balaban J connectivity index is 3.07. The Morgan fingerprint density at radius 2 is 2.20 bits per heavy atom. The summed E-state index contributed by atoms with van der Waals surface area (Å²) >= 11 is 0. The van der Waals surface area contributed by atoms with Gasteiger partial charge < -0.3 is 10.2 Å². The predicted octanol–water partition coefficient (Wildman–Crippen LogP) is -0.120. The molecule has 52 valence electrons. The van der Waals surface area contributed by atoms with Crippen molar-refractivity contribution in [2.24, 2.45) is 0 Å². The third-order valence-corrected chi connectivity index (χ3v) is 0.841. The van der Waals surface area contributed by atoms with Gasteiger partial charge in [-0.05, 0) is 0 Å². The molecule has 0 spiro atoms. The van der Waals surface area contributed by atoms with E-state index in [1.807, 2.05) is 0 Å². The van der Waals surface area contributed by atoms with Crippen molar-refractivity contribution in [2.45, 2.75) is 0 Å². The van der Waals surface area contributed by atoms with Crippen LogP contribution in [0.15, 0.2) is 12.4 Å². The molecular weight excluding hydrogens is 136 g/mol. The molecule has 0 aliphatic rings. The van der Waals surface area contributed by atoms with Crippen LogP contribution in [0.3, 0.4) is 0 Å². The fourth-order valence-electron chi connectivity index (χ4n) is 0.459. The van der Waals surface area contributed by atoms with E-state index >= 15 is 0 Å². The smallest absolute Gasteiger partial charge is 0.356 e. The molecule has 0 amide bonds. The maximum Gasteiger partial charge on any atom is 0.356 e. The lowest BCUT2D eigenvalue weighted by atomic mass is 10.5. The van der Waals surface area contributed by atoms with E-state index in [1.165, 1.54) is 0 Å². The van der Waals surface area contributed by atoms with E-state index in [0.29, 0.717) is 0 Å². The molecule has 0 aliphatic heterocycles. The van der Waals surface area contributed by atoms with Gasteiger partial charge in [-0.2, -0.15) is 0 Å². The lowest BCUT2D eigenvalue weighted by Gasteiger charge is -1.91. The van der Waals surface area contributed by atoms with Crippen molar-refractivity contribution >= 4 is 5.97 Å². The van der Waals surface area contributed by atoms with E-state index in [4.69, 9.17) is 10.2 Å². The highest BCUT2D eigenvalue weighted by molar-refractivity contribution is 5.84. The van der Waals surface area contributed by atoms with Gasteiger partial charge in [0.2, 0.25) is 5.88 Å². The minimum absolute atomic E-state index is 0.264. The summed E-state index contributed by atoms with van der Waals surface area (Å²) in [6.07, 6.45) is 2.12. The highest BCUT2D eigenvalue weighted by Gasteiger charge is 2.03. The van der Waals surface area contributed by atoms with Crippen molar-refractivity contribution in [2.75, 3.05) is 0 Å². The molecule has 10 heavy (non-hydrogen) atoms. The first-order valence-electron chi connectivity index (χ1n) is 2.44.